The lowest BCUT2D eigenvalue weighted by molar-refractivity contribution is 0.111. The molecule has 0 aromatic heterocycles. The molecule has 2 rings (SSSR count). The standard InChI is InChI=1S/C23H28O8/c1-26-18-10-16(14-24)11-19(27-2)22(18)30-8-6-5-7-9-31-23-20(28-3)12-17(15-25)13-21(23)29-4/h10-15H,5-9H2,1-4H3. The Morgan fingerprint density at radius 1 is 0.581 bits per heavy atom. The van der Waals surface area contributed by atoms with E-state index >= 15 is 0 Å². The lowest BCUT2D eigenvalue weighted by Gasteiger charge is -2.16. The number of benzene rings is 2. The third-order valence-corrected chi connectivity index (χ3v) is 4.52. The number of rotatable bonds is 14. The average molecular weight is 432 g/mol. The molecule has 0 heterocycles. The van der Waals surface area contributed by atoms with E-state index in [1.54, 1.807) is 24.3 Å². The van der Waals surface area contributed by atoms with Crippen LogP contribution in [0.1, 0.15) is 40.0 Å². The largest absolute Gasteiger partial charge is 0.493 e. The predicted molar refractivity (Wildman–Crippen MR) is 115 cm³/mol. The molecule has 0 N–H and O–H groups in total. The van der Waals surface area contributed by atoms with E-state index in [-0.39, 0.29) is 0 Å². The molecular formula is C23H28O8. The molecule has 0 bridgehead atoms. The summed E-state index contributed by atoms with van der Waals surface area (Å²) in [6.45, 7) is 0.904. The Bertz CT molecular complexity index is 756. The van der Waals surface area contributed by atoms with Crippen molar-refractivity contribution < 1.29 is 38.0 Å². The van der Waals surface area contributed by atoms with Crippen LogP contribution in [0.15, 0.2) is 24.3 Å². The molecule has 2 aromatic carbocycles. The fourth-order valence-corrected chi connectivity index (χ4v) is 2.95. The number of methoxy groups -OCH3 is 4. The second-order valence-corrected chi connectivity index (χ2v) is 6.50. The number of unbranched alkanes of at least 4 members (excludes halogenated alkanes) is 2. The zero-order valence-electron chi connectivity index (χ0n) is 18.3. The first-order valence-corrected chi connectivity index (χ1v) is 9.79. The molecule has 31 heavy (non-hydrogen) atoms. The Morgan fingerprint density at radius 3 is 1.16 bits per heavy atom. The SMILES string of the molecule is COc1cc(C=O)cc(OC)c1OCCCCCOc1c(OC)cc(C=O)cc1OC. The quantitative estimate of drug-likeness (QED) is 0.327. The number of aldehydes is 2. The maximum absolute atomic E-state index is 11.0. The summed E-state index contributed by atoms with van der Waals surface area (Å²) in [5.74, 6) is 2.73. The minimum absolute atomic E-state index is 0.447. The molecule has 0 saturated heterocycles. The van der Waals surface area contributed by atoms with Gasteiger partial charge in [0, 0.05) is 11.1 Å². The van der Waals surface area contributed by atoms with Crippen LogP contribution in [0.25, 0.3) is 0 Å². The van der Waals surface area contributed by atoms with Gasteiger partial charge in [0.05, 0.1) is 41.7 Å². The number of carbonyl (C=O) groups is 2. The second kappa shape index (κ2) is 12.3. The van der Waals surface area contributed by atoms with Gasteiger partial charge in [0.1, 0.15) is 12.6 Å². The summed E-state index contributed by atoms with van der Waals surface area (Å²) in [6.07, 6.45) is 3.87. The molecular weight excluding hydrogens is 404 g/mol. The van der Waals surface area contributed by atoms with Gasteiger partial charge in [-0.2, -0.15) is 0 Å². The van der Waals surface area contributed by atoms with Gasteiger partial charge in [-0.1, -0.05) is 0 Å². The number of hydrogen-bond donors (Lipinski definition) is 0. The molecule has 0 atom stereocenters. The summed E-state index contributed by atoms with van der Waals surface area (Å²) in [5, 5.41) is 0. The van der Waals surface area contributed by atoms with Gasteiger partial charge in [-0.25, -0.2) is 0 Å². The van der Waals surface area contributed by atoms with Crippen molar-refractivity contribution in [1.82, 2.24) is 0 Å². The van der Waals surface area contributed by atoms with Crippen LogP contribution in [0, 0.1) is 0 Å². The molecule has 0 aliphatic carbocycles. The molecule has 8 heteroatoms. The van der Waals surface area contributed by atoms with E-state index in [1.165, 1.54) is 28.4 Å². The highest BCUT2D eigenvalue weighted by Crippen LogP contribution is 2.39. The van der Waals surface area contributed by atoms with Gasteiger partial charge in [-0.15, -0.1) is 0 Å². The van der Waals surface area contributed by atoms with Gasteiger partial charge in [0.15, 0.2) is 23.0 Å². The van der Waals surface area contributed by atoms with E-state index in [9.17, 15) is 9.59 Å². The molecule has 0 saturated carbocycles. The molecule has 2 aromatic rings. The van der Waals surface area contributed by atoms with E-state index in [1.807, 2.05) is 0 Å². The van der Waals surface area contributed by atoms with Gasteiger partial charge in [-0.3, -0.25) is 9.59 Å². The van der Waals surface area contributed by atoms with Gasteiger partial charge in [0.2, 0.25) is 11.5 Å². The third-order valence-electron chi connectivity index (χ3n) is 4.52. The second-order valence-electron chi connectivity index (χ2n) is 6.50. The van der Waals surface area contributed by atoms with Crippen LogP contribution in [-0.2, 0) is 0 Å². The van der Waals surface area contributed by atoms with Crippen molar-refractivity contribution in [3.8, 4) is 34.5 Å². The minimum atomic E-state index is 0.447. The Kier molecular flexibility index (Phi) is 9.48. The van der Waals surface area contributed by atoms with Crippen LogP contribution in [-0.4, -0.2) is 54.2 Å². The number of carbonyl (C=O) groups excluding carboxylic acids is 2. The van der Waals surface area contributed by atoms with Crippen molar-refractivity contribution in [2.75, 3.05) is 41.7 Å². The zero-order chi connectivity index (χ0) is 22.6. The Labute approximate surface area is 182 Å². The number of hydrogen-bond acceptors (Lipinski definition) is 8. The van der Waals surface area contributed by atoms with E-state index in [0.717, 1.165) is 31.8 Å². The Balaban J connectivity index is 1.85. The van der Waals surface area contributed by atoms with Crippen LogP contribution in [0.5, 0.6) is 34.5 Å². The summed E-state index contributed by atoms with van der Waals surface area (Å²) >= 11 is 0. The predicted octanol–water partition coefficient (Wildman–Crippen LogP) is 3.97. The highest BCUT2D eigenvalue weighted by Gasteiger charge is 2.15. The summed E-state index contributed by atoms with van der Waals surface area (Å²) in [4.78, 5) is 22.1. The molecule has 0 aliphatic heterocycles. The topological polar surface area (TPSA) is 89.5 Å². The minimum Gasteiger partial charge on any atom is -0.493 e. The fourth-order valence-electron chi connectivity index (χ4n) is 2.95. The molecule has 168 valence electrons. The van der Waals surface area contributed by atoms with Crippen molar-refractivity contribution in [3.63, 3.8) is 0 Å². The smallest absolute Gasteiger partial charge is 0.203 e. The zero-order valence-corrected chi connectivity index (χ0v) is 18.3. The summed E-state index contributed by atoms with van der Waals surface area (Å²) in [7, 11) is 6.05. The maximum Gasteiger partial charge on any atom is 0.203 e. The molecule has 0 fully saturated rings. The summed E-state index contributed by atoms with van der Waals surface area (Å²) in [5.41, 5.74) is 0.899. The molecule has 0 unspecified atom stereocenters. The molecule has 8 nitrogen and oxygen atoms in total. The Hall–Kier alpha value is -3.42. The highest BCUT2D eigenvalue weighted by molar-refractivity contribution is 5.79. The van der Waals surface area contributed by atoms with E-state index in [4.69, 9.17) is 28.4 Å². The van der Waals surface area contributed by atoms with E-state index < -0.39 is 0 Å². The molecule has 0 aliphatic rings. The summed E-state index contributed by atoms with van der Waals surface area (Å²) in [6, 6.07) is 6.43. The first-order valence-electron chi connectivity index (χ1n) is 9.79. The monoisotopic (exact) mass is 432 g/mol. The van der Waals surface area contributed by atoms with Gasteiger partial charge >= 0.3 is 0 Å². The summed E-state index contributed by atoms with van der Waals surface area (Å²) < 4.78 is 32.9. The van der Waals surface area contributed by atoms with Gasteiger partial charge in [0.25, 0.3) is 0 Å². The van der Waals surface area contributed by atoms with Crippen LogP contribution in [0.3, 0.4) is 0 Å². The van der Waals surface area contributed by atoms with Gasteiger partial charge < -0.3 is 28.4 Å². The lowest BCUT2D eigenvalue weighted by Crippen LogP contribution is -2.05. The highest BCUT2D eigenvalue weighted by atomic mass is 16.5. The van der Waals surface area contributed by atoms with Crippen LogP contribution >= 0.6 is 0 Å². The Morgan fingerprint density at radius 2 is 0.903 bits per heavy atom. The van der Waals surface area contributed by atoms with Crippen LogP contribution in [0.2, 0.25) is 0 Å². The van der Waals surface area contributed by atoms with Crippen molar-refractivity contribution >= 4 is 12.6 Å². The van der Waals surface area contributed by atoms with Crippen molar-refractivity contribution in [2.45, 2.75) is 19.3 Å². The van der Waals surface area contributed by atoms with Gasteiger partial charge in [-0.05, 0) is 43.5 Å². The van der Waals surface area contributed by atoms with Crippen molar-refractivity contribution in [1.29, 1.82) is 0 Å². The average Bonchev–Trinajstić information content (AvgIpc) is 2.82. The van der Waals surface area contributed by atoms with E-state index in [0.29, 0.717) is 58.8 Å². The third kappa shape index (κ3) is 6.28. The molecule has 0 amide bonds. The normalized spacial score (nSPS) is 10.2. The van der Waals surface area contributed by atoms with Crippen LogP contribution < -0.4 is 28.4 Å². The first-order chi connectivity index (χ1) is 15.1. The number of ether oxygens (including phenoxy) is 6. The lowest BCUT2D eigenvalue weighted by atomic mass is 10.2. The fraction of sp³-hybridized carbons (Fsp3) is 0.391. The van der Waals surface area contributed by atoms with Crippen LogP contribution in [0.4, 0.5) is 0 Å². The first kappa shape index (κ1) is 23.9. The maximum atomic E-state index is 11.0. The van der Waals surface area contributed by atoms with E-state index in [2.05, 4.69) is 0 Å². The molecule has 0 radical (unpaired) electrons. The van der Waals surface area contributed by atoms with Crippen molar-refractivity contribution in [3.05, 3.63) is 35.4 Å². The molecule has 0 spiro atoms. The van der Waals surface area contributed by atoms with Crippen molar-refractivity contribution in [2.24, 2.45) is 0 Å².